The average Bonchev–Trinajstić information content (AvgIpc) is 2.91. The van der Waals surface area contributed by atoms with E-state index in [0.29, 0.717) is 12.0 Å². The van der Waals surface area contributed by atoms with E-state index >= 15 is 0 Å². The van der Waals surface area contributed by atoms with Crippen molar-refractivity contribution in [3.63, 3.8) is 0 Å². The molecule has 0 aromatic heterocycles. The molecule has 0 saturated carbocycles. The monoisotopic (exact) mass is 429 g/mol. The molecule has 1 unspecified atom stereocenters. The highest BCUT2D eigenvalue weighted by atomic mass is 19.4. The molecule has 2 aromatic rings. The Labute approximate surface area is 168 Å². The molecule has 0 saturated heterocycles. The normalized spacial score (nSPS) is 17.8. The highest BCUT2D eigenvalue weighted by Gasteiger charge is 2.39. The molecule has 0 aliphatic carbocycles. The third-order valence-corrected chi connectivity index (χ3v) is 4.97. The van der Waals surface area contributed by atoms with E-state index in [9.17, 15) is 36.2 Å². The molecule has 1 amide bonds. The van der Waals surface area contributed by atoms with Crippen molar-refractivity contribution < 1.29 is 36.2 Å². The van der Waals surface area contributed by atoms with Gasteiger partial charge in [-0.2, -0.15) is 26.3 Å². The van der Waals surface area contributed by atoms with Crippen LogP contribution < -0.4 is 0 Å². The first kappa shape index (κ1) is 21.7. The van der Waals surface area contributed by atoms with Crippen LogP contribution in [-0.2, 0) is 23.7 Å². The predicted molar refractivity (Wildman–Crippen MR) is 97.1 cm³/mol. The molecule has 3 rings (SSSR count). The molecular formula is C21H17F6NO2. The van der Waals surface area contributed by atoms with Crippen LogP contribution in [0.15, 0.2) is 54.3 Å². The molecule has 1 N–H and O–H groups in total. The molecule has 3 nitrogen and oxygen atoms in total. The fourth-order valence-electron chi connectivity index (χ4n) is 3.48. The van der Waals surface area contributed by atoms with E-state index in [1.807, 2.05) is 0 Å². The molecule has 2 aromatic carbocycles. The summed E-state index contributed by atoms with van der Waals surface area (Å²) in [4.78, 5) is 13.9. The summed E-state index contributed by atoms with van der Waals surface area (Å²) in [6, 6.07) is 7.78. The van der Waals surface area contributed by atoms with Crippen LogP contribution in [0.5, 0.6) is 0 Å². The molecule has 1 aliphatic heterocycles. The quantitative estimate of drug-likeness (QED) is 0.623. The molecule has 9 heteroatoms. The summed E-state index contributed by atoms with van der Waals surface area (Å²) in [5.74, 6) is -1.30. The average molecular weight is 429 g/mol. The van der Waals surface area contributed by atoms with Crippen LogP contribution in [0, 0.1) is 0 Å². The van der Waals surface area contributed by atoms with Gasteiger partial charge < -0.3 is 10.0 Å². The highest BCUT2D eigenvalue weighted by Crippen LogP contribution is 2.37. The number of hydrogen-bond donors (Lipinski definition) is 1. The second kappa shape index (κ2) is 7.70. The number of hydrogen-bond acceptors (Lipinski definition) is 2. The number of halogens is 6. The maximum Gasteiger partial charge on any atom is 0.416 e. The number of carbonyl (C=O) groups excluding carboxylic acids is 1. The largest absolute Gasteiger partial charge is 0.503 e. The first-order valence-electron chi connectivity index (χ1n) is 9.01. The van der Waals surface area contributed by atoms with Gasteiger partial charge in [0.2, 0.25) is 0 Å². The van der Waals surface area contributed by atoms with Crippen LogP contribution in [-0.4, -0.2) is 22.0 Å². The second-order valence-corrected chi connectivity index (χ2v) is 6.89. The second-order valence-electron chi connectivity index (χ2n) is 6.89. The number of rotatable bonds is 4. The van der Waals surface area contributed by atoms with Crippen molar-refractivity contribution in [3.05, 3.63) is 76.5 Å². The number of carbonyl (C=O) groups is 1. The van der Waals surface area contributed by atoms with Gasteiger partial charge in [0.05, 0.1) is 17.2 Å². The van der Waals surface area contributed by atoms with Crippen molar-refractivity contribution in [2.75, 3.05) is 0 Å². The number of nitrogens with zero attached hydrogens (tertiary/aromatic N) is 1. The van der Waals surface area contributed by atoms with E-state index < -0.39 is 41.2 Å². The van der Waals surface area contributed by atoms with Crippen LogP contribution in [0.4, 0.5) is 26.3 Å². The first-order valence-corrected chi connectivity index (χ1v) is 9.01. The van der Waals surface area contributed by atoms with Crippen LogP contribution >= 0.6 is 0 Å². The Kier molecular flexibility index (Phi) is 5.58. The third kappa shape index (κ3) is 4.15. The summed E-state index contributed by atoms with van der Waals surface area (Å²) in [6.45, 7) is 1.68. The van der Waals surface area contributed by atoms with Gasteiger partial charge >= 0.3 is 12.4 Å². The molecule has 0 fully saturated rings. The number of aliphatic hydroxyl groups excluding tert-OH is 1. The van der Waals surface area contributed by atoms with Crippen LogP contribution in [0.3, 0.4) is 0 Å². The molecule has 160 valence electrons. The Balaban J connectivity index is 1.87. The van der Waals surface area contributed by atoms with E-state index in [-0.39, 0.29) is 17.7 Å². The molecule has 0 bridgehead atoms. The number of amides is 1. The fraction of sp³-hybridized carbons (Fsp3) is 0.286. The SMILES string of the molecule is CCC1C(c2ccc(C(F)(F)F)cc2)=C(O)C(=O)N1Cc1ccc(C(F)(F)F)cc1. The van der Waals surface area contributed by atoms with E-state index in [1.165, 1.54) is 29.2 Å². The molecule has 1 heterocycles. The van der Waals surface area contributed by atoms with E-state index in [2.05, 4.69) is 0 Å². The summed E-state index contributed by atoms with van der Waals surface area (Å²) in [5, 5.41) is 10.4. The van der Waals surface area contributed by atoms with Gasteiger partial charge in [-0.25, -0.2) is 0 Å². The maximum atomic E-state index is 12.8. The van der Waals surface area contributed by atoms with Crippen molar-refractivity contribution in [3.8, 4) is 0 Å². The van der Waals surface area contributed by atoms with E-state index in [0.717, 1.165) is 24.3 Å². The zero-order chi connectivity index (χ0) is 22.3. The van der Waals surface area contributed by atoms with Crippen LogP contribution in [0.25, 0.3) is 5.57 Å². The number of aliphatic hydroxyl groups is 1. The molecule has 0 radical (unpaired) electrons. The molecule has 1 atom stereocenters. The minimum Gasteiger partial charge on any atom is -0.503 e. The summed E-state index contributed by atoms with van der Waals surface area (Å²) >= 11 is 0. The molecule has 0 spiro atoms. The van der Waals surface area contributed by atoms with Gasteiger partial charge in [-0.15, -0.1) is 0 Å². The Bertz CT molecular complexity index is 959. The van der Waals surface area contributed by atoms with Crippen molar-refractivity contribution in [1.82, 2.24) is 4.90 Å². The van der Waals surface area contributed by atoms with Gasteiger partial charge in [-0.1, -0.05) is 31.2 Å². The zero-order valence-electron chi connectivity index (χ0n) is 15.7. The Morgan fingerprint density at radius 3 is 1.77 bits per heavy atom. The minimum atomic E-state index is -4.51. The maximum absolute atomic E-state index is 12.8. The van der Waals surface area contributed by atoms with Crippen LogP contribution in [0.1, 0.15) is 35.6 Å². The van der Waals surface area contributed by atoms with E-state index in [1.54, 1.807) is 6.92 Å². The number of benzene rings is 2. The van der Waals surface area contributed by atoms with Gasteiger partial charge in [-0.05, 0) is 41.8 Å². The lowest BCUT2D eigenvalue weighted by atomic mass is 9.96. The summed E-state index contributed by atoms with van der Waals surface area (Å²) in [6.07, 6.45) is -8.64. The van der Waals surface area contributed by atoms with Gasteiger partial charge in [0.1, 0.15) is 0 Å². The van der Waals surface area contributed by atoms with Crippen molar-refractivity contribution in [2.45, 2.75) is 38.3 Å². The zero-order valence-corrected chi connectivity index (χ0v) is 15.7. The Morgan fingerprint density at radius 2 is 1.33 bits per heavy atom. The van der Waals surface area contributed by atoms with Gasteiger partial charge in [0.15, 0.2) is 5.76 Å². The lowest BCUT2D eigenvalue weighted by Gasteiger charge is -2.26. The van der Waals surface area contributed by atoms with Crippen LogP contribution in [0.2, 0.25) is 0 Å². The van der Waals surface area contributed by atoms with E-state index in [4.69, 9.17) is 0 Å². The lowest BCUT2D eigenvalue weighted by molar-refractivity contribution is -0.138. The summed E-state index contributed by atoms with van der Waals surface area (Å²) in [7, 11) is 0. The highest BCUT2D eigenvalue weighted by molar-refractivity contribution is 6.05. The third-order valence-electron chi connectivity index (χ3n) is 4.97. The van der Waals surface area contributed by atoms with Gasteiger partial charge in [-0.3, -0.25) is 4.79 Å². The standard InChI is InChI=1S/C21H17F6NO2/c1-2-16-17(13-5-9-15(10-6-13)21(25,26)27)18(29)19(30)28(16)11-12-3-7-14(8-4-12)20(22,23)24/h3-10,16,29H,2,11H2,1H3. The summed E-state index contributed by atoms with van der Waals surface area (Å²) in [5.41, 5.74) is -0.780. The van der Waals surface area contributed by atoms with Gasteiger partial charge in [0, 0.05) is 12.1 Å². The topological polar surface area (TPSA) is 40.5 Å². The van der Waals surface area contributed by atoms with Gasteiger partial charge in [0.25, 0.3) is 5.91 Å². The molecular weight excluding hydrogens is 412 g/mol. The minimum absolute atomic E-state index is 0.0519. The summed E-state index contributed by atoms with van der Waals surface area (Å²) < 4.78 is 76.5. The van der Waals surface area contributed by atoms with Crippen molar-refractivity contribution in [2.24, 2.45) is 0 Å². The molecule has 1 aliphatic rings. The number of alkyl halides is 6. The van der Waals surface area contributed by atoms with Crippen molar-refractivity contribution in [1.29, 1.82) is 0 Å². The predicted octanol–water partition coefficient (Wildman–Crippen LogP) is 5.81. The smallest absolute Gasteiger partial charge is 0.416 e. The Hall–Kier alpha value is -2.97. The first-order chi connectivity index (χ1) is 13.9. The lowest BCUT2D eigenvalue weighted by Crippen LogP contribution is -2.34. The Morgan fingerprint density at radius 1 is 0.867 bits per heavy atom. The van der Waals surface area contributed by atoms with Crippen molar-refractivity contribution >= 4 is 11.5 Å². The molecule has 30 heavy (non-hydrogen) atoms. The fourth-order valence-corrected chi connectivity index (χ4v) is 3.48.